The van der Waals surface area contributed by atoms with Gasteiger partial charge in [-0.25, -0.2) is 23.1 Å². The first-order valence-corrected chi connectivity index (χ1v) is 15.8. The zero-order valence-corrected chi connectivity index (χ0v) is 24.9. The molecule has 2 saturated heterocycles. The van der Waals surface area contributed by atoms with Crippen molar-refractivity contribution < 1.29 is 27.4 Å². The highest BCUT2D eigenvalue weighted by Crippen LogP contribution is 2.30. The molecule has 2 fully saturated rings. The van der Waals surface area contributed by atoms with E-state index in [1.54, 1.807) is 36.5 Å². The highest BCUT2D eigenvalue weighted by molar-refractivity contribution is 7.89. The maximum atomic E-state index is 13.0. The van der Waals surface area contributed by atoms with Crippen LogP contribution in [-0.2, 0) is 19.5 Å². The Kier molecular flexibility index (Phi) is 10.4. The topological polar surface area (TPSA) is 148 Å². The fraction of sp³-hybridized carbons (Fsp3) is 0.433. The third-order valence-corrected chi connectivity index (χ3v) is 8.77. The number of hydrogen-bond acceptors (Lipinski definition) is 11. The van der Waals surface area contributed by atoms with Crippen molar-refractivity contribution in [2.45, 2.75) is 30.3 Å². The van der Waals surface area contributed by atoms with Gasteiger partial charge in [-0.3, -0.25) is 4.90 Å². The summed E-state index contributed by atoms with van der Waals surface area (Å²) in [6.45, 7) is 5.57. The van der Waals surface area contributed by atoms with Crippen LogP contribution in [0.25, 0.3) is 11.3 Å². The molecule has 0 unspecified atom stereocenters. The molecule has 12 nitrogen and oxygen atoms in total. The Morgan fingerprint density at radius 3 is 2.60 bits per heavy atom. The predicted octanol–water partition coefficient (Wildman–Crippen LogP) is 3.33. The number of methoxy groups -OCH3 is 1. The van der Waals surface area contributed by atoms with Crippen molar-refractivity contribution >= 4 is 21.7 Å². The van der Waals surface area contributed by atoms with Crippen molar-refractivity contribution in [3.05, 3.63) is 54.2 Å². The lowest BCUT2D eigenvalue weighted by Crippen LogP contribution is -2.38. The molecule has 0 radical (unpaired) electrons. The number of morpholine rings is 1. The molecule has 1 aromatic heterocycles. The van der Waals surface area contributed by atoms with Crippen LogP contribution in [0.15, 0.2) is 53.6 Å². The van der Waals surface area contributed by atoms with E-state index in [1.165, 1.54) is 13.2 Å². The van der Waals surface area contributed by atoms with Crippen LogP contribution in [0, 0.1) is 11.3 Å². The monoisotopic (exact) mass is 608 g/mol. The Morgan fingerprint density at radius 2 is 1.84 bits per heavy atom. The van der Waals surface area contributed by atoms with Crippen LogP contribution in [0.3, 0.4) is 0 Å². The van der Waals surface area contributed by atoms with E-state index in [0.717, 1.165) is 38.0 Å². The number of hydrogen-bond donors (Lipinski definition) is 2. The molecule has 0 bridgehead atoms. The summed E-state index contributed by atoms with van der Waals surface area (Å²) in [7, 11) is -2.35. The first-order chi connectivity index (χ1) is 20.9. The lowest BCUT2D eigenvalue weighted by molar-refractivity contribution is 0.0254. The first kappa shape index (κ1) is 30.7. The van der Waals surface area contributed by atoms with Crippen molar-refractivity contribution in [3.8, 4) is 28.8 Å². The van der Waals surface area contributed by atoms with E-state index in [0.29, 0.717) is 68.0 Å². The summed E-state index contributed by atoms with van der Waals surface area (Å²) in [5, 5.41) is 12.9. The number of anilines is 2. The maximum absolute atomic E-state index is 13.0. The second-order valence-electron chi connectivity index (χ2n) is 10.2. The van der Waals surface area contributed by atoms with Crippen LogP contribution in [0.2, 0.25) is 0 Å². The van der Waals surface area contributed by atoms with Gasteiger partial charge in [-0.15, -0.1) is 0 Å². The zero-order chi connectivity index (χ0) is 30.1. The molecule has 43 heavy (non-hydrogen) atoms. The van der Waals surface area contributed by atoms with Gasteiger partial charge < -0.3 is 24.3 Å². The Hall–Kier alpha value is -3.80. The molecule has 2 aliphatic rings. The molecule has 5 rings (SSSR count). The molecule has 2 aromatic carbocycles. The number of rotatable bonds is 12. The molecule has 0 aliphatic carbocycles. The summed E-state index contributed by atoms with van der Waals surface area (Å²) in [6, 6.07) is 14.1. The van der Waals surface area contributed by atoms with Crippen LogP contribution in [-0.4, -0.2) is 89.1 Å². The molecule has 228 valence electrons. The average molecular weight is 609 g/mol. The number of nitriles is 1. The zero-order valence-electron chi connectivity index (χ0n) is 24.1. The van der Waals surface area contributed by atoms with E-state index in [-0.39, 0.29) is 16.7 Å². The largest absolute Gasteiger partial charge is 0.495 e. The van der Waals surface area contributed by atoms with Crippen molar-refractivity contribution in [2.75, 3.05) is 65.0 Å². The molecule has 0 atom stereocenters. The lowest BCUT2D eigenvalue weighted by Gasteiger charge is -2.26. The van der Waals surface area contributed by atoms with E-state index in [9.17, 15) is 13.7 Å². The molecular weight excluding hydrogens is 572 g/mol. The van der Waals surface area contributed by atoms with Gasteiger partial charge in [-0.1, -0.05) is 0 Å². The molecular formula is C30H36N6O6S. The second-order valence-corrected chi connectivity index (χ2v) is 11.9. The smallest absolute Gasteiger partial charge is 0.244 e. The van der Waals surface area contributed by atoms with Gasteiger partial charge in [0.25, 0.3) is 0 Å². The van der Waals surface area contributed by atoms with Gasteiger partial charge in [0.2, 0.25) is 16.0 Å². The number of aromatic nitrogens is 2. The Bertz CT molecular complexity index is 1530. The highest BCUT2D eigenvalue weighted by Gasteiger charge is 2.21. The molecule has 0 spiro atoms. The highest BCUT2D eigenvalue weighted by atomic mass is 32.2. The van der Waals surface area contributed by atoms with Crippen molar-refractivity contribution in [3.63, 3.8) is 0 Å². The summed E-state index contributed by atoms with van der Waals surface area (Å²) in [5.41, 5.74) is 2.32. The molecule has 3 aromatic rings. The second kappa shape index (κ2) is 14.6. The lowest BCUT2D eigenvalue weighted by atomic mass is 10.1. The van der Waals surface area contributed by atoms with Gasteiger partial charge in [0.1, 0.15) is 28.6 Å². The quantitative estimate of drug-likeness (QED) is 0.292. The molecule has 0 amide bonds. The number of sulfonamides is 1. The van der Waals surface area contributed by atoms with Gasteiger partial charge in [-0.05, 0) is 49.4 Å². The van der Waals surface area contributed by atoms with Crippen LogP contribution >= 0.6 is 0 Å². The predicted molar refractivity (Wildman–Crippen MR) is 160 cm³/mol. The van der Waals surface area contributed by atoms with E-state index >= 15 is 0 Å². The minimum atomic E-state index is -3.78. The Labute approximate surface area is 252 Å². The maximum Gasteiger partial charge on any atom is 0.244 e. The average Bonchev–Trinajstić information content (AvgIpc) is 3.04. The van der Waals surface area contributed by atoms with E-state index in [4.69, 9.17) is 18.9 Å². The van der Waals surface area contributed by atoms with Crippen LogP contribution in [0.1, 0.15) is 24.8 Å². The normalized spacial score (nSPS) is 16.4. The SMILES string of the molecule is COc1cc(Nc2nccc(-c3ccc(OC4CCOCC4)c(C#N)c3)n2)ccc1S(=O)(=O)NCCCN1CCOCC1. The Balaban J connectivity index is 1.24. The van der Waals surface area contributed by atoms with Crippen molar-refractivity contribution in [2.24, 2.45) is 0 Å². The van der Waals surface area contributed by atoms with Crippen molar-refractivity contribution in [1.82, 2.24) is 19.6 Å². The minimum Gasteiger partial charge on any atom is -0.495 e. The van der Waals surface area contributed by atoms with Gasteiger partial charge in [-0.2, -0.15) is 5.26 Å². The fourth-order valence-electron chi connectivity index (χ4n) is 4.94. The van der Waals surface area contributed by atoms with Gasteiger partial charge in [0, 0.05) is 56.0 Å². The van der Waals surface area contributed by atoms with Crippen molar-refractivity contribution in [1.29, 1.82) is 5.26 Å². The summed E-state index contributed by atoms with van der Waals surface area (Å²) in [5.74, 6) is 1.04. The van der Waals surface area contributed by atoms with E-state index in [2.05, 4.69) is 31.0 Å². The Morgan fingerprint density at radius 1 is 1.05 bits per heavy atom. The van der Waals surface area contributed by atoms with E-state index < -0.39 is 10.0 Å². The molecule has 3 heterocycles. The summed E-state index contributed by atoms with van der Waals surface area (Å²) >= 11 is 0. The summed E-state index contributed by atoms with van der Waals surface area (Å²) < 4.78 is 50.9. The summed E-state index contributed by atoms with van der Waals surface area (Å²) in [6.07, 6.45) is 3.90. The number of nitrogens with zero attached hydrogens (tertiary/aromatic N) is 4. The van der Waals surface area contributed by atoms with Crippen LogP contribution < -0.4 is 19.5 Å². The van der Waals surface area contributed by atoms with Gasteiger partial charge in [0.05, 0.1) is 44.8 Å². The first-order valence-electron chi connectivity index (χ1n) is 14.3. The number of nitrogens with one attached hydrogen (secondary N) is 2. The van der Waals surface area contributed by atoms with Crippen LogP contribution in [0.5, 0.6) is 11.5 Å². The number of benzene rings is 2. The van der Waals surface area contributed by atoms with Gasteiger partial charge in [0.15, 0.2) is 0 Å². The standard InChI is InChI=1S/C30H36N6O6S/c1-39-28-20-24(4-6-29(28)43(37,38)33-10-2-12-36-13-17-41-18-14-36)34-30-32-11-7-26(35-30)22-3-5-27(23(19-22)21-31)42-25-8-15-40-16-9-25/h3-7,11,19-20,25,33H,2,8-10,12-18H2,1H3,(H,32,34,35). The third-order valence-electron chi connectivity index (χ3n) is 7.27. The summed E-state index contributed by atoms with van der Waals surface area (Å²) in [4.78, 5) is 11.2. The van der Waals surface area contributed by atoms with E-state index in [1.807, 2.05) is 6.07 Å². The fourth-order valence-corrected chi connectivity index (χ4v) is 6.16. The van der Waals surface area contributed by atoms with Crippen LogP contribution in [0.4, 0.5) is 11.6 Å². The molecule has 13 heteroatoms. The third kappa shape index (κ3) is 8.19. The molecule has 2 N–H and O–H groups in total. The number of ether oxygens (including phenoxy) is 4. The van der Waals surface area contributed by atoms with Gasteiger partial charge >= 0.3 is 0 Å². The molecule has 0 saturated carbocycles. The molecule has 2 aliphatic heterocycles. The minimum absolute atomic E-state index is 0.0241.